The third kappa shape index (κ3) is 2.71. The number of rotatable bonds is 2. The van der Waals surface area contributed by atoms with Crippen LogP contribution in [0.2, 0.25) is 5.02 Å². The van der Waals surface area contributed by atoms with Gasteiger partial charge in [0, 0.05) is 29.8 Å². The van der Waals surface area contributed by atoms with Gasteiger partial charge >= 0.3 is 0 Å². The summed E-state index contributed by atoms with van der Waals surface area (Å²) in [6.07, 6.45) is 4.84. The molecule has 2 aliphatic rings. The Balaban J connectivity index is 1.70. The molecule has 1 aromatic rings. The van der Waals surface area contributed by atoms with Gasteiger partial charge in [0.1, 0.15) is 12.4 Å². The zero-order chi connectivity index (χ0) is 14.1. The molecule has 0 aromatic heterocycles. The second-order valence-electron chi connectivity index (χ2n) is 4.92. The smallest absolute Gasteiger partial charge is 0.246 e. The Morgan fingerprint density at radius 1 is 1.45 bits per heavy atom. The van der Waals surface area contributed by atoms with Crippen LogP contribution >= 0.6 is 11.6 Å². The van der Waals surface area contributed by atoms with Crippen LogP contribution in [0, 0.1) is 0 Å². The van der Waals surface area contributed by atoms with Crippen LogP contribution in [0.25, 0.3) is 6.08 Å². The number of β-amino-alcohol motifs (C(OH)–C–C–N with tert-alkyl or cyclic N) is 1. The van der Waals surface area contributed by atoms with Gasteiger partial charge in [0.25, 0.3) is 0 Å². The van der Waals surface area contributed by atoms with Crippen LogP contribution in [0.3, 0.4) is 0 Å². The average molecular weight is 292 g/mol. The number of aliphatic hydroxyl groups is 1. The number of benzene rings is 1. The lowest BCUT2D eigenvalue weighted by Gasteiger charge is -2.35. The Bertz CT molecular complexity index is 603. The number of fused-ring (bicyclic) bond motifs is 1. The number of hydrogen-bond donors (Lipinski definition) is 1. The monoisotopic (exact) mass is 291 g/mol. The highest BCUT2D eigenvalue weighted by atomic mass is 35.5. The van der Waals surface area contributed by atoms with Crippen LogP contribution in [0.1, 0.15) is 5.56 Å². The number of aliphatic hydroxyl groups excluding tert-OH is 1. The van der Waals surface area contributed by atoms with Gasteiger partial charge in [-0.1, -0.05) is 17.7 Å². The molecule has 1 amide bonds. The Morgan fingerprint density at radius 3 is 3.00 bits per heavy atom. The number of carbonyl (C=O) groups excluding carboxylic acids is 1. The second-order valence-corrected chi connectivity index (χ2v) is 5.36. The summed E-state index contributed by atoms with van der Waals surface area (Å²) in [5.74, 6) is 0.705. The molecule has 1 aromatic carbocycles. The summed E-state index contributed by atoms with van der Waals surface area (Å²) in [5.41, 5.74) is 1.82. The van der Waals surface area contributed by atoms with Gasteiger partial charge in [-0.05, 0) is 29.8 Å². The van der Waals surface area contributed by atoms with Crippen molar-refractivity contribution >= 4 is 23.6 Å². The van der Waals surface area contributed by atoms with E-state index in [1.165, 1.54) is 6.08 Å². The normalized spacial score (nSPS) is 18.3. The average Bonchev–Trinajstić information content (AvgIpc) is 2.40. The lowest BCUT2D eigenvalue weighted by atomic mass is 10.1. The molecule has 0 radical (unpaired) electrons. The fourth-order valence-electron chi connectivity index (χ4n) is 2.18. The lowest BCUT2D eigenvalue weighted by Crippen LogP contribution is -2.52. The zero-order valence-electron chi connectivity index (χ0n) is 10.8. The van der Waals surface area contributed by atoms with Crippen LogP contribution in [-0.2, 0) is 4.79 Å². The van der Waals surface area contributed by atoms with Crippen molar-refractivity contribution in [2.75, 3.05) is 19.7 Å². The van der Waals surface area contributed by atoms with E-state index < -0.39 is 0 Å². The number of nitrogens with zero attached hydrogens (tertiary/aromatic N) is 1. The van der Waals surface area contributed by atoms with Crippen LogP contribution in [0.15, 0.2) is 35.9 Å². The standard InChI is InChI=1S/C15H14ClNO3/c16-12-2-3-14-11(6-12)5-10(9-20-14)1-4-15(19)17-7-13(18)8-17/h1-6,13,18H,7-9H2/b4-1+. The molecule has 0 spiro atoms. The van der Waals surface area contributed by atoms with Crippen molar-refractivity contribution in [2.45, 2.75) is 6.10 Å². The summed E-state index contributed by atoms with van der Waals surface area (Å²) < 4.78 is 5.60. The van der Waals surface area contributed by atoms with E-state index >= 15 is 0 Å². The van der Waals surface area contributed by atoms with Crippen molar-refractivity contribution in [2.24, 2.45) is 0 Å². The van der Waals surface area contributed by atoms with E-state index in [9.17, 15) is 4.79 Å². The van der Waals surface area contributed by atoms with Gasteiger partial charge in [0.05, 0.1) is 6.10 Å². The van der Waals surface area contributed by atoms with Crippen molar-refractivity contribution in [1.29, 1.82) is 0 Å². The molecular weight excluding hydrogens is 278 g/mol. The molecule has 2 aliphatic heterocycles. The second kappa shape index (κ2) is 5.31. The van der Waals surface area contributed by atoms with E-state index in [0.29, 0.717) is 24.7 Å². The molecule has 0 bridgehead atoms. The number of amides is 1. The highest BCUT2D eigenvalue weighted by molar-refractivity contribution is 6.30. The third-order valence-electron chi connectivity index (χ3n) is 3.32. The minimum absolute atomic E-state index is 0.0897. The minimum Gasteiger partial charge on any atom is -0.488 e. The third-order valence-corrected chi connectivity index (χ3v) is 3.56. The van der Waals surface area contributed by atoms with Crippen LogP contribution in [0.5, 0.6) is 5.75 Å². The van der Waals surface area contributed by atoms with Gasteiger partial charge in [-0.15, -0.1) is 0 Å². The first kappa shape index (κ1) is 13.2. The number of halogens is 1. The van der Waals surface area contributed by atoms with Gasteiger partial charge in [-0.2, -0.15) is 0 Å². The summed E-state index contributed by atoms with van der Waals surface area (Å²) in [6.45, 7) is 1.26. The summed E-state index contributed by atoms with van der Waals surface area (Å²) in [4.78, 5) is 13.3. The van der Waals surface area contributed by atoms with Gasteiger partial charge < -0.3 is 14.7 Å². The molecule has 1 saturated heterocycles. The number of ether oxygens (including phenoxy) is 1. The van der Waals surface area contributed by atoms with Gasteiger partial charge in [-0.3, -0.25) is 4.79 Å². The number of hydrogen-bond acceptors (Lipinski definition) is 3. The topological polar surface area (TPSA) is 49.8 Å². The molecule has 4 nitrogen and oxygen atoms in total. The van der Waals surface area contributed by atoms with Crippen molar-refractivity contribution in [3.63, 3.8) is 0 Å². The summed E-state index contributed by atoms with van der Waals surface area (Å²) in [6, 6.07) is 5.45. The Labute approximate surface area is 121 Å². The Morgan fingerprint density at radius 2 is 2.25 bits per heavy atom. The summed E-state index contributed by atoms with van der Waals surface area (Å²) in [5, 5.41) is 9.81. The predicted octanol–water partition coefficient (Wildman–Crippen LogP) is 1.88. The first-order valence-electron chi connectivity index (χ1n) is 6.40. The van der Waals surface area contributed by atoms with Crippen LogP contribution in [-0.4, -0.2) is 41.7 Å². The molecular formula is C15H14ClNO3. The van der Waals surface area contributed by atoms with E-state index in [0.717, 1.165) is 16.9 Å². The number of carbonyl (C=O) groups is 1. The summed E-state index contributed by atoms with van der Waals surface area (Å²) >= 11 is 5.95. The molecule has 2 heterocycles. The molecule has 3 rings (SSSR count). The highest BCUT2D eigenvalue weighted by Gasteiger charge is 2.27. The first-order valence-corrected chi connectivity index (χ1v) is 6.77. The van der Waals surface area contributed by atoms with Crippen molar-refractivity contribution in [1.82, 2.24) is 4.90 Å². The van der Waals surface area contributed by atoms with Gasteiger partial charge in [-0.25, -0.2) is 0 Å². The molecule has 0 unspecified atom stereocenters. The summed E-state index contributed by atoms with van der Waals surface area (Å²) in [7, 11) is 0. The predicted molar refractivity (Wildman–Crippen MR) is 76.7 cm³/mol. The van der Waals surface area contributed by atoms with Crippen molar-refractivity contribution < 1.29 is 14.6 Å². The van der Waals surface area contributed by atoms with Crippen molar-refractivity contribution in [3.8, 4) is 5.75 Å². The molecule has 5 heteroatoms. The largest absolute Gasteiger partial charge is 0.488 e. The molecule has 1 N–H and O–H groups in total. The Kier molecular flexibility index (Phi) is 3.51. The fraction of sp³-hybridized carbons (Fsp3) is 0.267. The quantitative estimate of drug-likeness (QED) is 0.847. The van der Waals surface area contributed by atoms with Gasteiger partial charge in [0.15, 0.2) is 0 Å². The molecule has 0 aliphatic carbocycles. The van der Waals surface area contributed by atoms with E-state index in [1.807, 2.05) is 18.2 Å². The maximum absolute atomic E-state index is 11.8. The minimum atomic E-state index is -0.376. The maximum atomic E-state index is 11.8. The maximum Gasteiger partial charge on any atom is 0.246 e. The van der Waals surface area contributed by atoms with Crippen LogP contribution in [0.4, 0.5) is 0 Å². The highest BCUT2D eigenvalue weighted by Crippen LogP contribution is 2.29. The first-order chi connectivity index (χ1) is 9.61. The van der Waals surface area contributed by atoms with E-state index in [4.69, 9.17) is 21.4 Å². The SMILES string of the molecule is O=C(/C=C/C1=Cc2cc(Cl)ccc2OC1)N1CC(O)C1. The number of likely N-dealkylation sites (tertiary alicyclic amines) is 1. The van der Waals surface area contributed by atoms with E-state index in [-0.39, 0.29) is 12.0 Å². The molecule has 104 valence electrons. The lowest BCUT2D eigenvalue weighted by molar-refractivity contribution is -0.135. The van der Waals surface area contributed by atoms with Gasteiger partial charge in [0.2, 0.25) is 5.91 Å². The molecule has 1 fully saturated rings. The fourth-order valence-corrected chi connectivity index (χ4v) is 2.36. The van der Waals surface area contributed by atoms with E-state index in [2.05, 4.69) is 0 Å². The molecule has 0 saturated carbocycles. The molecule has 0 atom stereocenters. The van der Waals surface area contributed by atoms with Crippen molar-refractivity contribution in [3.05, 3.63) is 46.5 Å². The van der Waals surface area contributed by atoms with E-state index in [1.54, 1.807) is 17.0 Å². The molecule has 20 heavy (non-hydrogen) atoms. The van der Waals surface area contributed by atoms with Crippen LogP contribution < -0.4 is 4.74 Å². The Hall–Kier alpha value is -1.78. The zero-order valence-corrected chi connectivity index (χ0v) is 11.5.